The Bertz CT molecular complexity index is 811. The average molecular weight is 401 g/mol. The Morgan fingerprint density at radius 1 is 0.731 bits per heavy atom. The van der Waals surface area contributed by atoms with Gasteiger partial charge in [-0.3, -0.25) is 0 Å². The van der Waals surface area contributed by atoms with E-state index in [-0.39, 0.29) is 15.8 Å². The highest BCUT2D eigenvalue weighted by molar-refractivity contribution is 7.89. The monoisotopic (exact) mass is 400 g/mol. The molecule has 2 heterocycles. The van der Waals surface area contributed by atoms with Gasteiger partial charge in [0.2, 0.25) is 20.0 Å². The van der Waals surface area contributed by atoms with Crippen LogP contribution in [0, 0.1) is 0 Å². The molecular formula is C18H28N2O4S2. The van der Waals surface area contributed by atoms with Gasteiger partial charge in [-0.05, 0) is 56.9 Å². The van der Waals surface area contributed by atoms with Gasteiger partial charge in [-0.2, -0.15) is 8.61 Å². The van der Waals surface area contributed by atoms with E-state index in [0.29, 0.717) is 19.6 Å². The first-order valence-corrected chi connectivity index (χ1v) is 12.3. The maximum absolute atomic E-state index is 12.9. The molecule has 26 heavy (non-hydrogen) atoms. The molecule has 2 aliphatic heterocycles. The van der Waals surface area contributed by atoms with E-state index in [4.69, 9.17) is 0 Å². The first-order valence-electron chi connectivity index (χ1n) is 9.45. The Labute approximate surface area is 157 Å². The van der Waals surface area contributed by atoms with Crippen molar-refractivity contribution in [3.63, 3.8) is 0 Å². The Balaban J connectivity index is 1.83. The lowest BCUT2D eigenvalue weighted by Gasteiger charge is -2.32. The predicted octanol–water partition coefficient (Wildman–Crippen LogP) is 2.81. The smallest absolute Gasteiger partial charge is 0.207 e. The Morgan fingerprint density at radius 3 is 1.77 bits per heavy atom. The summed E-state index contributed by atoms with van der Waals surface area (Å²) in [6.45, 7) is 3.52. The van der Waals surface area contributed by atoms with Gasteiger partial charge in [-0.1, -0.05) is 19.3 Å². The number of piperidine rings is 1. The van der Waals surface area contributed by atoms with E-state index in [1.54, 1.807) is 0 Å². The largest absolute Gasteiger partial charge is 0.243 e. The van der Waals surface area contributed by atoms with Crippen LogP contribution in [-0.4, -0.2) is 51.1 Å². The summed E-state index contributed by atoms with van der Waals surface area (Å²) in [6.07, 6.45) is 6.62. The Hall–Kier alpha value is -0.960. The van der Waals surface area contributed by atoms with Gasteiger partial charge in [0.25, 0.3) is 0 Å². The molecule has 6 nitrogen and oxygen atoms in total. The lowest BCUT2D eigenvalue weighted by Crippen LogP contribution is -2.41. The van der Waals surface area contributed by atoms with Gasteiger partial charge in [0.1, 0.15) is 0 Å². The van der Waals surface area contributed by atoms with Gasteiger partial charge in [0, 0.05) is 25.7 Å². The summed E-state index contributed by atoms with van der Waals surface area (Å²) < 4.78 is 54.4. The van der Waals surface area contributed by atoms with Gasteiger partial charge >= 0.3 is 0 Å². The third-order valence-electron chi connectivity index (χ3n) is 5.38. The second kappa shape index (κ2) is 7.96. The molecule has 8 heteroatoms. The van der Waals surface area contributed by atoms with Gasteiger partial charge in [0.05, 0.1) is 9.79 Å². The predicted molar refractivity (Wildman–Crippen MR) is 101 cm³/mol. The van der Waals surface area contributed by atoms with Crippen LogP contribution in [0.1, 0.15) is 51.9 Å². The second-order valence-electron chi connectivity index (χ2n) is 7.25. The molecule has 1 aromatic carbocycles. The molecule has 0 N–H and O–H groups in total. The number of hydrogen-bond acceptors (Lipinski definition) is 4. The van der Waals surface area contributed by atoms with Crippen molar-refractivity contribution in [1.29, 1.82) is 0 Å². The number of sulfonamides is 2. The number of benzene rings is 1. The maximum Gasteiger partial charge on any atom is 0.243 e. The first kappa shape index (κ1) is 19.8. The van der Waals surface area contributed by atoms with Crippen molar-refractivity contribution in [1.82, 2.24) is 8.61 Å². The zero-order valence-electron chi connectivity index (χ0n) is 15.3. The van der Waals surface area contributed by atoms with Gasteiger partial charge < -0.3 is 0 Å². The van der Waals surface area contributed by atoms with Crippen molar-refractivity contribution >= 4 is 20.0 Å². The van der Waals surface area contributed by atoms with E-state index in [1.807, 2.05) is 6.92 Å². The summed E-state index contributed by atoms with van der Waals surface area (Å²) in [7, 11) is -7.14. The molecule has 1 aromatic rings. The minimum Gasteiger partial charge on any atom is -0.207 e. The maximum atomic E-state index is 12.9. The SMILES string of the molecule is C[C@H]1CCCCN1S(=O)(=O)c1ccc(S(=O)(=O)N2CCCCCC2)cc1. The molecule has 0 aliphatic carbocycles. The first-order chi connectivity index (χ1) is 12.3. The van der Waals surface area contributed by atoms with Crippen molar-refractivity contribution in [2.24, 2.45) is 0 Å². The number of nitrogens with zero attached hydrogens (tertiary/aromatic N) is 2. The molecule has 0 spiro atoms. The molecule has 0 radical (unpaired) electrons. The minimum atomic E-state index is -3.58. The van der Waals surface area contributed by atoms with Gasteiger partial charge in [-0.25, -0.2) is 16.8 Å². The summed E-state index contributed by atoms with van der Waals surface area (Å²) in [4.78, 5) is 0.339. The molecule has 0 bridgehead atoms. The summed E-state index contributed by atoms with van der Waals surface area (Å²) >= 11 is 0. The topological polar surface area (TPSA) is 74.8 Å². The van der Waals surface area contributed by atoms with Crippen molar-refractivity contribution in [2.75, 3.05) is 19.6 Å². The molecule has 2 aliphatic rings. The highest BCUT2D eigenvalue weighted by atomic mass is 32.2. The Morgan fingerprint density at radius 2 is 1.23 bits per heavy atom. The summed E-state index contributed by atoms with van der Waals surface area (Å²) in [6, 6.07) is 5.71. The summed E-state index contributed by atoms with van der Waals surface area (Å²) in [5.74, 6) is 0. The minimum absolute atomic E-state index is 0.0192. The summed E-state index contributed by atoms with van der Waals surface area (Å²) in [5.41, 5.74) is 0. The van der Waals surface area contributed by atoms with Crippen LogP contribution in [0.4, 0.5) is 0 Å². The fraction of sp³-hybridized carbons (Fsp3) is 0.667. The molecular weight excluding hydrogens is 372 g/mol. The molecule has 0 saturated carbocycles. The third kappa shape index (κ3) is 3.98. The average Bonchev–Trinajstić information content (AvgIpc) is 2.92. The highest BCUT2D eigenvalue weighted by Gasteiger charge is 2.31. The van der Waals surface area contributed by atoms with E-state index in [0.717, 1.165) is 44.9 Å². The quantitative estimate of drug-likeness (QED) is 0.779. The molecule has 2 fully saturated rings. The van der Waals surface area contributed by atoms with Crippen LogP contribution in [0.2, 0.25) is 0 Å². The fourth-order valence-electron chi connectivity index (χ4n) is 3.78. The van der Waals surface area contributed by atoms with E-state index < -0.39 is 20.0 Å². The van der Waals surface area contributed by atoms with Crippen LogP contribution < -0.4 is 0 Å². The zero-order chi connectivity index (χ0) is 18.8. The Kier molecular flexibility index (Phi) is 6.06. The van der Waals surface area contributed by atoms with Crippen LogP contribution in [-0.2, 0) is 20.0 Å². The molecule has 1 atom stereocenters. The van der Waals surface area contributed by atoms with Gasteiger partial charge in [0.15, 0.2) is 0 Å². The highest BCUT2D eigenvalue weighted by Crippen LogP contribution is 2.27. The molecule has 0 amide bonds. The van der Waals surface area contributed by atoms with E-state index in [2.05, 4.69) is 0 Å². The van der Waals surface area contributed by atoms with E-state index in [1.165, 1.54) is 32.9 Å². The van der Waals surface area contributed by atoms with Crippen molar-refractivity contribution in [3.05, 3.63) is 24.3 Å². The molecule has 3 rings (SSSR count). The number of rotatable bonds is 4. The van der Waals surface area contributed by atoms with E-state index in [9.17, 15) is 16.8 Å². The zero-order valence-corrected chi connectivity index (χ0v) is 16.9. The molecule has 0 aromatic heterocycles. The van der Waals surface area contributed by atoms with Crippen LogP contribution in [0.3, 0.4) is 0 Å². The van der Waals surface area contributed by atoms with Gasteiger partial charge in [-0.15, -0.1) is 0 Å². The van der Waals surface area contributed by atoms with Crippen molar-refractivity contribution in [3.8, 4) is 0 Å². The normalized spacial score (nSPS) is 24.3. The lowest BCUT2D eigenvalue weighted by molar-refractivity contribution is 0.268. The van der Waals surface area contributed by atoms with Crippen LogP contribution in [0.25, 0.3) is 0 Å². The van der Waals surface area contributed by atoms with Crippen LogP contribution >= 0.6 is 0 Å². The second-order valence-corrected chi connectivity index (χ2v) is 11.1. The van der Waals surface area contributed by atoms with Crippen LogP contribution in [0.5, 0.6) is 0 Å². The third-order valence-corrected chi connectivity index (χ3v) is 9.32. The molecule has 146 valence electrons. The van der Waals surface area contributed by atoms with Crippen molar-refractivity contribution < 1.29 is 16.8 Å². The lowest BCUT2D eigenvalue weighted by atomic mass is 10.1. The molecule has 2 saturated heterocycles. The van der Waals surface area contributed by atoms with Crippen LogP contribution in [0.15, 0.2) is 34.1 Å². The van der Waals surface area contributed by atoms with Crippen molar-refractivity contribution in [2.45, 2.75) is 67.7 Å². The fourth-order valence-corrected chi connectivity index (χ4v) is 7.00. The molecule has 0 unspecified atom stereocenters. The number of hydrogen-bond donors (Lipinski definition) is 0. The standard InChI is InChI=1S/C18H28N2O4S2/c1-16-8-4-7-15-20(16)26(23,24)18-11-9-17(10-12-18)25(21,22)19-13-5-2-3-6-14-19/h9-12,16H,2-8,13-15H2,1H3/t16-/m0/s1. The summed E-state index contributed by atoms with van der Waals surface area (Å²) in [5, 5.41) is 0. The van der Waals surface area contributed by atoms with E-state index >= 15 is 0 Å².